The molecular weight excluding hydrogens is 226 g/mol. The molecule has 2 aliphatic rings. The molecule has 0 saturated heterocycles. The van der Waals surface area contributed by atoms with Crippen LogP contribution in [0, 0.1) is 19.8 Å². The fraction of sp³-hybridized carbons (Fsp3) is 0.533. The van der Waals surface area contributed by atoms with Gasteiger partial charge in [-0.25, -0.2) is 0 Å². The lowest BCUT2D eigenvalue weighted by molar-refractivity contribution is 0.308. The Bertz CT molecular complexity index is 534. The SMILES string of the molecule is Cc1cc(C)c2c(c1O)/C(=N/O)C1CCCCC21. The normalized spacial score (nSPS) is 28.2. The van der Waals surface area contributed by atoms with E-state index in [9.17, 15) is 10.3 Å². The first-order chi connectivity index (χ1) is 8.65. The molecule has 0 aliphatic heterocycles. The first kappa shape index (κ1) is 11.6. The van der Waals surface area contributed by atoms with Crippen molar-refractivity contribution in [3.05, 3.63) is 28.3 Å². The smallest absolute Gasteiger partial charge is 0.127 e. The number of benzene rings is 1. The molecule has 3 nitrogen and oxygen atoms in total. The largest absolute Gasteiger partial charge is 0.507 e. The average Bonchev–Trinajstić information content (AvgIpc) is 2.70. The Morgan fingerprint density at radius 2 is 1.78 bits per heavy atom. The summed E-state index contributed by atoms with van der Waals surface area (Å²) < 4.78 is 0. The number of phenols is 1. The van der Waals surface area contributed by atoms with Gasteiger partial charge in [0.15, 0.2) is 0 Å². The quantitative estimate of drug-likeness (QED) is 0.543. The Labute approximate surface area is 107 Å². The van der Waals surface area contributed by atoms with Crippen LogP contribution in [-0.4, -0.2) is 16.0 Å². The second kappa shape index (κ2) is 4.01. The Balaban J connectivity index is 2.27. The maximum Gasteiger partial charge on any atom is 0.127 e. The van der Waals surface area contributed by atoms with E-state index in [-0.39, 0.29) is 0 Å². The van der Waals surface area contributed by atoms with Crippen molar-refractivity contribution in [1.29, 1.82) is 0 Å². The molecule has 0 spiro atoms. The zero-order valence-corrected chi connectivity index (χ0v) is 10.9. The molecule has 3 heteroatoms. The first-order valence-electron chi connectivity index (χ1n) is 6.70. The minimum atomic E-state index is 0.296. The number of aromatic hydroxyl groups is 1. The van der Waals surface area contributed by atoms with Crippen molar-refractivity contribution in [2.24, 2.45) is 11.1 Å². The molecule has 18 heavy (non-hydrogen) atoms. The van der Waals surface area contributed by atoms with E-state index in [0.29, 0.717) is 23.3 Å². The van der Waals surface area contributed by atoms with E-state index in [1.807, 2.05) is 13.0 Å². The minimum absolute atomic E-state index is 0.296. The van der Waals surface area contributed by atoms with Crippen LogP contribution in [0.5, 0.6) is 5.75 Å². The topological polar surface area (TPSA) is 52.8 Å². The van der Waals surface area contributed by atoms with E-state index in [0.717, 1.165) is 24.0 Å². The summed E-state index contributed by atoms with van der Waals surface area (Å²) in [6.07, 6.45) is 4.62. The van der Waals surface area contributed by atoms with Crippen LogP contribution >= 0.6 is 0 Å². The Morgan fingerprint density at radius 3 is 2.44 bits per heavy atom. The van der Waals surface area contributed by atoms with Gasteiger partial charge in [0.25, 0.3) is 0 Å². The molecule has 0 bridgehead atoms. The molecule has 1 aromatic rings. The number of rotatable bonds is 0. The predicted octanol–water partition coefficient (Wildman–Crippen LogP) is 3.47. The molecule has 2 N–H and O–H groups in total. The van der Waals surface area contributed by atoms with Gasteiger partial charge in [-0.15, -0.1) is 0 Å². The van der Waals surface area contributed by atoms with Crippen LogP contribution in [-0.2, 0) is 0 Å². The van der Waals surface area contributed by atoms with Crippen LogP contribution in [0.3, 0.4) is 0 Å². The second-order valence-corrected chi connectivity index (χ2v) is 5.63. The van der Waals surface area contributed by atoms with E-state index in [2.05, 4.69) is 12.1 Å². The standard InChI is InChI=1S/C15H19NO2/c1-8-7-9(2)15(17)13-12(8)10-5-3-4-6-11(10)14(13)16-18/h7,10-11,17-18H,3-6H2,1-2H3/b16-14+. The van der Waals surface area contributed by atoms with E-state index in [4.69, 9.17) is 0 Å². The van der Waals surface area contributed by atoms with Gasteiger partial charge in [-0.1, -0.05) is 24.1 Å². The van der Waals surface area contributed by atoms with Crippen molar-refractivity contribution in [1.82, 2.24) is 0 Å². The molecule has 2 atom stereocenters. The van der Waals surface area contributed by atoms with E-state index in [1.165, 1.54) is 24.0 Å². The van der Waals surface area contributed by atoms with Gasteiger partial charge in [-0.05, 0) is 49.3 Å². The van der Waals surface area contributed by atoms with Crippen LogP contribution in [0.25, 0.3) is 0 Å². The lowest BCUT2D eigenvalue weighted by Crippen LogP contribution is -2.18. The zero-order chi connectivity index (χ0) is 12.9. The predicted molar refractivity (Wildman–Crippen MR) is 70.6 cm³/mol. The fourth-order valence-electron chi connectivity index (χ4n) is 3.84. The summed E-state index contributed by atoms with van der Waals surface area (Å²) in [5, 5.41) is 23.1. The number of oxime groups is 1. The van der Waals surface area contributed by atoms with Crippen molar-refractivity contribution in [2.45, 2.75) is 45.4 Å². The summed E-state index contributed by atoms with van der Waals surface area (Å²) >= 11 is 0. The summed E-state index contributed by atoms with van der Waals surface area (Å²) in [5.41, 5.74) is 4.82. The van der Waals surface area contributed by atoms with E-state index < -0.39 is 0 Å². The number of fused-ring (bicyclic) bond motifs is 3. The minimum Gasteiger partial charge on any atom is -0.507 e. The van der Waals surface area contributed by atoms with Crippen molar-refractivity contribution in [2.75, 3.05) is 0 Å². The Kier molecular flexibility index (Phi) is 2.58. The van der Waals surface area contributed by atoms with Crippen molar-refractivity contribution >= 4 is 5.71 Å². The average molecular weight is 245 g/mol. The highest BCUT2D eigenvalue weighted by Crippen LogP contribution is 2.51. The van der Waals surface area contributed by atoms with Gasteiger partial charge < -0.3 is 10.3 Å². The highest BCUT2D eigenvalue weighted by molar-refractivity contribution is 6.09. The van der Waals surface area contributed by atoms with Gasteiger partial charge >= 0.3 is 0 Å². The van der Waals surface area contributed by atoms with Crippen molar-refractivity contribution in [3.63, 3.8) is 0 Å². The maximum atomic E-state index is 10.3. The Hall–Kier alpha value is -1.51. The van der Waals surface area contributed by atoms with Crippen LogP contribution < -0.4 is 0 Å². The number of nitrogens with zero attached hydrogens (tertiary/aromatic N) is 1. The number of hydrogen-bond acceptors (Lipinski definition) is 3. The summed E-state index contributed by atoms with van der Waals surface area (Å²) in [6, 6.07) is 2.04. The van der Waals surface area contributed by atoms with Crippen LogP contribution in [0.2, 0.25) is 0 Å². The molecule has 1 aromatic carbocycles. The third-order valence-electron chi connectivity index (χ3n) is 4.59. The maximum absolute atomic E-state index is 10.3. The van der Waals surface area contributed by atoms with Crippen LogP contribution in [0.4, 0.5) is 0 Å². The molecule has 0 radical (unpaired) electrons. The highest BCUT2D eigenvalue weighted by atomic mass is 16.4. The molecule has 1 fully saturated rings. The monoisotopic (exact) mass is 245 g/mol. The number of hydrogen-bond donors (Lipinski definition) is 2. The van der Waals surface area contributed by atoms with Crippen molar-refractivity contribution < 1.29 is 10.3 Å². The number of aryl methyl sites for hydroxylation is 2. The lowest BCUT2D eigenvalue weighted by Gasteiger charge is -2.25. The van der Waals surface area contributed by atoms with Gasteiger partial charge in [0, 0.05) is 11.5 Å². The van der Waals surface area contributed by atoms with Crippen LogP contribution in [0.1, 0.15) is 53.9 Å². The summed E-state index contributed by atoms with van der Waals surface area (Å²) in [7, 11) is 0. The van der Waals surface area contributed by atoms with Gasteiger partial charge in [0.2, 0.25) is 0 Å². The van der Waals surface area contributed by atoms with Gasteiger partial charge in [-0.3, -0.25) is 0 Å². The van der Waals surface area contributed by atoms with E-state index in [1.54, 1.807) is 0 Å². The lowest BCUT2D eigenvalue weighted by atomic mass is 9.78. The third-order valence-corrected chi connectivity index (χ3v) is 4.59. The molecule has 96 valence electrons. The van der Waals surface area contributed by atoms with Crippen LogP contribution in [0.15, 0.2) is 11.2 Å². The van der Waals surface area contributed by atoms with Gasteiger partial charge in [0.1, 0.15) is 5.75 Å². The van der Waals surface area contributed by atoms with E-state index >= 15 is 0 Å². The molecule has 0 heterocycles. The molecule has 1 saturated carbocycles. The molecular formula is C15H19NO2. The summed E-state index contributed by atoms with van der Waals surface area (Å²) in [5.74, 6) is 1.04. The first-order valence-corrected chi connectivity index (χ1v) is 6.70. The zero-order valence-electron chi connectivity index (χ0n) is 10.9. The summed E-state index contributed by atoms with van der Waals surface area (Å²) in [6.45, 7) is 4.00. The summed E-state index contributed by atoms with van der Waals surface area (Å²) in [4.78, 5) is 0. The third kappa shape index (κ3) is 1.39. The highest BCUT2D eigenvalue weighted by Gasteiger charge is 2.42. The molecule has 3 rings (SSSR count). The van der Waals surface area contributed by atoms with Crippen molar-refractivity contribution in [3.8, 4) is 5.75 Å². The molecule has 0 amide bonds. The second-order valence-electron chi connectivity index (χ2n) is 5.63. The Morgan fingerprint density at radius 1 is 1.11 bits per heavy atom. The fourth-order valence-corrected chi connectivity index (χ4v) is 3.84. The van der Waals surface area contributed by atoms with Gasteiger partial charge in [-0.2, -0.15) is 0 Å². The van der Waals surface area contributed by atoms with Gasteiger partial charge in [0.05, 0.1) is 5.71 Å². The molecule has 2 unspecified atom stereocenters. The molecule has 0 aromatic heterocycles. The number of phenolic OH excluding ortho intramolecular Hbond substituents is 1. The molecule has 2 aliphatic carbocycles.